The Kier molecular flexibility index (Phi) is 6.47. The zero-order valence-corrected chi connectivity index (χ0v) is 20.7. The molecule has 2 atom stereocenters. The van der Waals surface area contributed by atoms with Gasteiger partial charge in [0.2, 0.25) is 10.0 Å². The summed E-state index contributed by atoms with van der Waals surface area (Å²) >= 11 is 1.08. The van der Waals surface area contributed by atoms with E-state index in [2.05, 4.69) is 28.7 Å². The molecule has 1 N–H and O–H groups in total. The Morgan fingerprint density at radius 2 is 1.81 bits per heavy atom. The Bertz CT molecular complexity index is 1260. The van der Waals surface area contributed by atoms with E-state index in [1.807, 2.05) is 32.9 Å². The second-order valence-corrected chi connectivity index (χ2v) is 11.8. The van der Waals surface area contributed by atoms with Gasteiger partial charge in [-0.3, -0.25) is 9.36 Å². The molecule has 32 heavy (non-hydrogen) atoms. The van der Waals surface area contributed by atoms with Gasteiger partial charge < -0.3 is 4.90 Å². The van der Waals surface area contributed by atoms with Gasteiger partial charge in [0.15, 0.2) is 0 Å². The van der Waals surface area contributed by atoms with Crippen molar-refractivity contribution in [2.24, 2.45) is 5.92 Å². The van der Waals surface area contributed by atoms with Crippen molar-refractivity contribution < 1.29 is 8.42 Å². The third-order valence-electron chi connectivity index (χ3n) is 6.16. The fourth-order valence-corrected chi connectivity index (χ4v) is 6.82. The molecule has 0 aliphatic carbocycles. The molecule has 3 aromatic rings. The molecule has 8 heteroatoms. The predicted octanol–water partition coefficient (Wildman–Crippen LogP) is 4.92. The number of sulfonamides is 1. The minimum absolute atomic E-state index is 0.0213. The van der Waals surface area contributed by atoms with Gasteiger partial charge in [-0.25, -0.2) is 13.1 Å². The van der Waals surface area contributed by atoms with Crippen LogP contribution in [0.2, 0.25) is 0 Å². The molecule has 0 saturated carbocycles. The van der Waals surface area contributed by atoms with Crippen LogP contribution < -0.4 is 14.5 Å². The standard InChI is InChI=1S/C24H31N3O3S2/c1-16(2)27-22-12-11-21(14-23(22)31-24(27)28)32(29,30)25-18(4)19-7-9-20(10-8-19)26-13-5-6-17(3)15-26/h7-12,14,16-18,25H,5-6,13,15H2,1-4H3/t17-,18+/m1/s1. The van der Waals surface area contributed by atoms with Crippen molar-refractivity contribution >= 4 is 37.3 Å². The molecule has 0 bridgehead atoms. The largest absolute Gasteiger partial charge is 0.371 e. The van der Waals surface area contributed by atoms with Crippen LogP contribution in [-0.4, -0.2) is 26.1 Å². The predicted molar refractivity (Wildman–Crippen MR) is 132 cm³/mol. The number of thiazole rings is 1. The number of piperidine rings is 1. The monoisotopic (exact) mass is 473 g/mol. The number of fused-ring (bicyclic) bond motifs is 1. The van der Waals surface area contributed by atoms with Crippen LogP contribution in [0.3, 0.4) is 0 Å². The van der Waals surface area contributed by atoms with Crippen LogP contribution >= 0.6 is 11.3 Å². The highest BCUT2D eigenvalue weighted by molar-refractivity contribution is 7.89. The van der Waals surface area contributed by atoms with E-state index >= 15 is 0 Å². The minimum Gasteiger partial charge on any atom is -0.371 e. The first-order valence-electron chi connectivity index (χ1n) is 11.2. The molecule has 0 spiro atoms. The Morgan fingerprint density at radius 1 is 1.09 bits per heavy atom. The Morgan fingerprint density at radius 3 is 2.47 bits per heavy atom. The summed E-state index contributed by atoms with van der Waals surface area (Å²) < 4.78 is 31.2. The maximum absolute atomic E-state index is 13.0. The van der Waals surface area contributed by atoms with Gasteiger partial charge in [-0.1, -0.05) is 30.4 Å². The molecule has 1 saturated heterocycles. The van der Waals surface area contributed by atoms with Crippen molar-refractivity contribution in [3.05, 3.63) is 57.7 Å². The number of anilines is 1. The lowest BCUT2D eigenvalue weighted by atomic mass is 9.99. The molecule has 1 aliphatic rings. The summed E-state index contributed by atoms with van der Waals surface area (Å²) in [5.41, 5.74) is 2.87. The SMILES string of the molecule is CC(C)n1c(=O)sc2cc(S(=O)(=O)N[C@@H](C)c3ccc(N4CCC[C@@H](C)C4)cc3)ccc21. The first-order valence-corrected chi connectivity index (χ1v) is 13.5. The second kappa shape index (κ2) is 9.00. The lowest BCUT2D eigenvalue weighted by Gasteiger charge is -2.33. The van der Waals surface area contributed by atoms with Gasteiger partial charge in [-0.2, -0.15) is 0 Å². The molecule has 2 aromatic carbocycles. The van der Waals surface area contributed by atoms with Crippen molar-refractivity contribution in [2.75, 3.05) is 18.0 Å². The summed E-state index contributed by atoms with van der Waals surface area (Å²) in [4.78, 5) is 14.8. The van der Waals surface area contributed by atoms with Crippen LogP contribution in [0.5, 0.6) is 0 Å². The van der Waals surface area contributed by atoms with Crippen LogP contribution in [0.1, 0.15) is 58.2 Å². The van der Waals surface area contributed by atoms with Gasteiger partial charge in [0.1, 0.15) is 0 Å². The zero-order valence-electron chi connectivity index (χ0n) is 19.0. The zero-order chi connectivity index (χ0) is 23.0. The van der Waals surface area contributed by atoms with E-state index in [9.17, 15) is 13.2 Å². The number of rotatable bonds is 6. The summed E-state index contributed by atoms with van der Waals surface area (Å²) in [7, 11) is -3.73. The molecule has 1 aromatic heterocycles. The van der Waals surface area contributed by atoms with Crippen molar-refractivity contribution in [3.63, 3.8) is 0 Å². The van der Waals surface area contributed by atoms with Crippen LogP contribution in [0.15, 0.2) is 52.2 Å². The summed E-state index contributed by atoms with van der Waals surface area (Å²) in [6.07, 6.45) is 2.48. The highest BCUT2D eigenvalue weighted by atomic mass is 32.2. The molecular weight excluding hydrogens is 442 g/mol. The van der Waals surface area contributed by atoms with E-state index in [1.165, 1.54) is 18.5 Å². The summed E-state index contributed by atoms with van der Waals surface area (Å²) in [5, 5.41) is 0. The van der Waals surface area contributed by atoms with E-state index in [4.69, 9.17) is 0 Å². The first kappa shape index (κ1) is 23.0. The summed E-state index contributed by atoms with van der Waals surface area (Å²) in [6.45, 7) is 10.2. The minimum atomic E-state index is -3.73. The van der Waals surface area contributed by atoms with Gasteiger partial charge in [0.25, 0.3) is 0 Å². The van der Waals surface area contributed by atoms with Crippen LogP contribution in [-0.2, 0) is 10.0 Å². The summed E-state index contributed by atoms with van der Waals surface area (Å²) in [5.74, 6) is 0.697. The number of nitrogens with zero attached hydrogens (tertiary/aromatic N) is 2. The average Bonchev–Trinajstić information content (AvgIpc) is 3.08. The first-order chi connectivity index (χ1) is 15.2. The van der Waals surface area contributed by atoms with Crippen LogP contribution in [0.4, 0.5) is 5.69 Å². The second-order valence-electron chi connectivity index (χ2n) is 9.09. The van der Waals surface area contributed by atoms with Gasteiger partial charge in [-0.05, 0) is 75.4 Å². The lowest BCUT2D eigenvalue weighted by Crippen LogP contribution is -2.34. The van der Waals surface area contributed by atoms with Crippen molar-refractivity contribution in [1.29, 1.82) is 0 Å². The molecule has 6 nitrogen and oxygen atoms in total. The number of aromatic nitrogens is 1. The maximum atomic E-state index is 13.0. The van der Waals surface area contributed by atoms with Crippen LogP contribution in [0.25, 0.3) is 10.2 Å². The highest BCUT2D eigenvalue weighted by Gasteiger charge is 2.21. The van der Waals surface area contributed by atoms with Gasteiger partial charge in [0, 0.05) is 30.9 Å². The van der Waals surface area contributed by atoms with Crippen molar-refractivity contribution in [2.45, 2.75) is 57.5 Å². The normalized spacial score (nSPS) is 18.4. The van der Waals surface area contributed by atoms with Crippen molar-refractivity contribution in [3.8, 4) is 0 Å². The van der Waals surface area contributed by atoms with E-state index in [0.29, 0.717) is 10.6 Å². The van der Waals surface area contributed by atoms with Gasteiger partial charge in [-0.15, -0.1) is 0 Å². The lowest BCUT2D eigenvalue weighted by molar-refractivity contribution is 0.447. The fourth-order valence-electron chi connectivity index (χ4n) is 4.44. The van der Waals surface area contributed by atoms with E-state index in [0.717, 1.165) is 35.5 Å². The Labute approximate surface area is 193 Å². The van der Waals surface area contributed by atoms with Gasteiger partial charge in [0.05, 0.1) is 15.1 Å². The number of hydrogen-bond acceptors (Lipinski definition) is 5. The van der Waals surface area contributed by atoms with E-state index in [-0.39, 0.29) is 21.9 Å². The molecule has 0 radical (unpaired) electrons. The molecule has 4 rings (SSSR count). The summed E-state index contributed by atoms with van der Waals surface area (Å²) in [6, 6.07) is 12.7. The molecule has 0 amide bonds. The molecule has 2 heterocycles. The molecule has 1 fully saturated rings. The fraction of sp³-hybridized carbons (Fsp3) is 0.458. The average molecular weight is 474 g/mol. The van der Waals surface area contributed by atoms with E-state index in [1.54, 1.807) is 22.8 Å². The third kappa shape index (κ3) is 4.63. The number of benzene rings is 2. The Balaban J connectivity index is 1.52. The molecule has 172 valence electrons. The van der Waals surface area contributed by atoms with Crippen molar-refractivity contribution in [1.82, 2.24) is 9.29 Å². The third-order valence-corrected chi connectivity index (χ3v) is 8.62. The smallest absolute Gasteiger partial charge is 0.308 e. The van der Waals surface area contributed by atoms with E-state index < -0.39 is 10.0 Å². The van der Waals surface area contributed by atoms with Crippen LogP contribution in [0, 0.1) is 5.92 Å². The Hall–Kier alpha value is -2.16. The number of hydrogen-bond donors (Lipinski definition) is 1. The van der Waals surface area contributed by atoms with Gasteiger partial charge >= 0.3 is 4.87 Å². The highest BCUT2D eigenvalue weighted by Crippen LogP contribution is 2.27. The number of nitrogens with one attached hydrogen (secondary N) is 1. The maximum Gasteiger partial charge on any atom is 0.308 e. The molecule has 1 aliphatic heterocycles. The molecule has 0 unspecified atom stereocenters. The molecular formula is C24H31N3O3S2. The topological polar surface area (TPSA) is 71.4 Å². The quantitative estimate of drug-likeness (QED) is 0.552.